The molecule has 1 atom stereocenters. The van der Waals surface area contributed by atoms with Gasteiger partial charge in [-0.3, -0.25) is 0 Å². The minimum atomic E-state index is -0.0695. The van der Waals surface area contributed by atoms with Crippen LogP contribution in [0, 0.1) is 0 Å². The number of halogens is 1. The molecule has 0 heterocycles. The Morgan fingerprint density at radius 2 is 1.95 bits per heavy atom. The Labute approximate surface area is 129 Å². The van der Waals surface area contributed by atoms with Gasteiger partial charge in [-0.2, -0.15) is 0 Å². The van der Waals surface area contributed by atoms with Crippen LogP contribution >= 0.6 is 23.4 Å². The third kappa shape index (κ3) is 3.48. The molecule has 20 heavy (non-hydrogen) atoms. The van der Waals surface area contributed by atoms with Crippen LogP contribution in [0.3, 0.4) is 0 Å². The fourth-order valence-corrected chi connectivity index (χ4v) is 3.51. The van der Waals surface area contributed by atoms with Crippen LogP contribution in [0.1, 0.15) is 24.1 Å². The van der Waals surface area contributed by atoms with Gasteiger partial charge in [-0.1, -0.05) is 35.9 Å². The molecule has 0 bridgehead atoms. The minimum Gasteiger partial charge on any atom is -0.496 e. The normalized spacial score (nSPS) is 12.2. The predicted octanol–water partition coefficient (Wildman–Crippen LogP) is 4.66. The van der Waals surface area contributed by atoms with Crippen LogP contribution in [0.5, 0.6) is 5.75 Å². The number of rotatable bonds is 5. The van der Waals surface area contributed by atoms with Gasteiger partial charge in [-0.15, -0.1) is 11.8 Å². The number of thioether (sulfide) groups is 1. The first-order valence-corrected chi connectivity index (χ1v) is 7.78. The Bertz CT molecular complexity index is 586. The van der Waals surface area contributed by atoms with Gasteiger partial charge in [0.05, 0.1) is 7.11 Å². The van der Waals surface area contributed by atoms with Gasteiger partial charge in [-0.25, -0.2) is 0 Å². The third-order valence-electron chi connectivity index (χ3n) is 3.04. The first-order valence-electron chi connectivity index (χ1n) is 6.42. The van der Waals surface area contributed by atoms with Gasteiger partial charge in [0, 0.05) is 27.3 Å². The molecule has 0 saturated carbocycles. The average molecular weight is 308 g/mol. The molecule has 0 radical (unpaired) electrons. The van der Waals surface area contributed by atoms with Gasteiger partial charge in [0.25, 0.3) is 0 Å². The molecule has 2 rings (SSSR count). The molecule has 0 aliphatic heterocycles. The van der Waals surface area contributed by atoms with Crippen molar-refractivity contribution in [1.29, 1.82) is 0 Å². The van der Waals surface area contributed by atoms with E-state index < -0.39 is 0 Å². The number of nitrogens with two attached hydrogens (primary N) is 1. The summed E-state index contributed by atoms with van der Waals surface area (Å²) in [4.78, 5) is 1.14. The molecule has 2 aromatic rings. The molecule has 0 aliphatic rings. The van der Waals surface area contributed by atoms with Gasteiger partial charge in [0.15, 0.2) is 0 Å². The summed E-state index contributed by atoms with van der Waals surface area (Å²) in [6.45, 7) is 1.97. The highest BCUT2D eigenvalue weighted by molar-refractivity contribution is 7.98. The summed E-state index contributed by atoms with van der Waals surface area (Å²) in [6.07, 6.45) is 0. The Hall–Kier alpha value is -1.16. The van der Waals surface area contributed by atoms with E-state index >= 15 is 0 Å². The molecule has 4 heteroatoms. The van der Waals surface area contributed by atoms with Crippen LogP contribution in [0.15, 0.2) is 47.4 Å². The zero-order chi connectivity index (χ0) is 14.5. The molecular formula is C16H18ClNOS. The monoisotopic (exact) mass is 307 g/mol. The molecule has 2 aromatic carbocycles. The lowest BCUT2D eigenvalue weighted by molar-refractivity contribution is 0.405. The van der Waals surface area contributed by atoms with E-state index in [2.05, 4.69) is 6.07 Å². The third-order valence-corrected chi connectivity index (χ3v) is 4.53. The fourth-order valence-electron chi connectivity index (χ4n) is 2.05. The summed E-state index contributed by atoms with van der Waals surface area (Å²) in [5, 5.41) is 0.797. The van der Waals surface area contributed by atoms with Crippen molar-refractivity contribution in [3.63, 3.8) is 0 Å². The Balaban J connectivity index is 2.24. The zero-order valence-electron chi connectivity index (χ0n) is 11.6. The van der Waals surface area contributed by atoms with Crippen molar-refractivity contribution >= 4 is 23.4 Å². The fraction of sp³-hybridized carbons (Fsp3) is 0.250. The number of benzene rings is 2. The second kappa shape index (κ2) is 7.02. The first kappa shape index (κ1) is 15.2. The van der Waals surface area contributed by atoms with Crippen LogP contribution < -0.4 is 10.5 Å². The molecule has 0 unspecified atom stereocenters. The maximum atomic E-state index is 6.19. The van der Waals surface area contributed by atoms with Crippen LogP contribution in [0.4, 0.5) is 0 Å². The van der Waals surface area contributed by atoms with Crippen molar-refractivity contribution in [3.8, 4) is 5.75 Å². The van der Waals surface area contributed by atoms with Crippen molar-refractivity contribution in [1.82, 2.24) is 0 Å². The Kier molecular flexibility index (Phi) is 5.35. The van der Waals surface area contributed by atoms with Crippen molar-refractivity contribution < 1.29 is 4.74 Å². The lowest BCUT2D eigenvalue weighted by Crippen LogP contribution is -2.08. The van der Waals surface area contributed by atoms with Crippen molar-refractivity contribution in [3.05, 3.63) is 58.6 Å². The summed E-state index contributed by atoms with van der Waals surface area (Å²) >= 11 is 7.92. The van der Waals surface area contributed by atoms with Crippen LogP contribution in [-0.2, 0) is 5.75 Å². The lowest BCUT2D eigenvalue weighted by Gasteiger charge is -2.16. The van der Waals surface area contributed by atoms with E-state index in [1.54, 1.807) is 18.9 Å². The quantitative estimate of drug-likeness (QED) is 0.816. The van der Waals surface area contributed by atoms with Gasteiger partial charge in [0.1, 0.15) is 5.75 Å². The van der Waals surface area contributed by atoms with Crippen molar-refractivity contribution in [2.45, 2.75) is 23.6 Å². The average Bonchev–Trinajstić information content (AvgIpc) is 2.45. The summed E-state index contributed by atoms with van der Waals surface area (Å²) in [5.41, 5.74) is 8.24. The largest absolute Gasteiger partial charge is 0.496 e. The number of methoxy groups -OCH3 is 1. The van der Waals surface area contributed by atoms with Crippen LogP contribution in [-0.4, -0.2) is 7.11 Å². The van der Waals surface area contributed by atoms with Crippen LogP contribution in [0.2, 0.25) is 5.02 Å². The number of hydrogen-bond acceptors (Lipinski definition) is 3. The van der Waals surface area contributed by atoms with E-state index in [0.717, 1.165) is 32.5 Å². The lowest BCUT2D eigenvalue weighted by atomic mass is 10.1. The minimum absolute atomic E-state index is 0.0695. The van der Waals surface area contributed by atoms with E-state index in [4.69, 9.17) is 22.1 Å². The van der Waals surface area contributed by atoms with Crippen molar-refractivity contribution in [2.24, 2.45) is 5.73 Å². The predicted molar refractivity (Wildman–Crippen MR) is 86.6 cm³/mol. The molecule has 0 spiro atoms. The topological polar surface area (TPSA) is 35.2 Å². The highest BCUT2D eigenvalue weighted by Gasteiger charge is 2.13. The van der Waals surface area contributed by atoms with Gasteiger partial charge >= 0.3 is 0 Å². The molecule has 106 valence electrons. The van der Waals surface area contributed by atoms with E-state index in [9.17, 15) is 0 Å². The molecule has 0 saturated heterocycles. The van der Waals surface area contributed by atoms with Crippen molar-refractivity contribution in [2.75, 3.05) is 7.11 Å². The molecule has 2 nitrogen and oxygen atoms in total. The Morgan fingerprint density at radius 3 is 2.60 bits per heavy atom. The maximum absolute atomic E-state index is 6.19. The van der Waals surface area contributed by atoms with Gasteiger partial charge < -0.3 is 10.5 Å². The molecule has 0 fully saturated rings. The molecule has 0 aromatic heterocycles. The summed E-state index contributed by atoms with van der Waals surface area (Å²) in [7, 11) is 1.67. The summed E-state index contributed by atoms with van der Waals surface area (Å²) in [5.74, 6) is 1.65. The van der Waals surface area contributed by atoms with E-state index in [0.29, 0.717) is 0 Å². The second-order valence-electron chi connectivity index (χ2n) is 4.54. The highest BCUT2D eigenvalue weighted by atomic mass is 35.5. The van der Waals surface area contributed by atoms with Gasteiger partial charge in [0.2, 0.25) is 0 Å². The molecule has 0 aliphatic carbocycles. The Morgan fingerprint density at radius 1 is 1.20 bits per heavy atom. The van der Waals surface area contributed by atoms with E-state index in [-0.39, 0.29) is 6.04 Å². The SMILES string of the molecule is COc1cccc(SCc2ccccc2Cl)c1[C@H](C)N. The molecule has 0 amide bonds. The highest BCUT2D eigenvalue weighted by Crippen LogP contribution is 2.36. The number of ether oxygens (including phenoxy) is 1. The smallest absolute Gasteiger partial charge is 0.124 e. The van der Waals surface area contributed by atoms with E-state index in [1.165, 1.54) is 0 Å². The van der Waals surface area contributed by atoms with E-state index in [1.807, 2.05) is 43.3 Å². The second-order valence-corrected chi connectivity index (χ2v) is 5.97. The van der Waals surface area contributed by atoms with Gasteiger partial charge in [-0.05, 0) is 30.7 Å². The maximum Gasteiger partial charge on any atom is 0.124 e. The summed E-state index contributed by atoms with van der Waals surface area (Å²) in [6, 6.07) is 13.8. The van der Waals surface area contributed by atoms with Crippen LogP contribution in [0.25, 0.3) is 0 Å². The molecular weight excluding hydrogens is 290 g/mol. The zero-order valence-corrected chi connectivity index (χ0v) is 13.2. The standard InChI is InChI=1S/C16H18ClNOS/c1-11(18)16-14(19-2)8-5-9-15(16)20-10-12-6-3-4-7-13(12)17/h3-9,11H,10,18H2,1-2H3/t11-/m0/s1. The molecule has 2 N–H and O–H groups in total. The summed E-state index contributed by atoms with van der Waals surface area (Å²) < 4.78 is 5.40. The number of hydrogen-bond donors (Lipinski definition) is 1. The first-order chi connectivity index (χ1) is 9.63.